The third kappa shape index (κ3) is 5.98. The van der Waals surface area contributed by atoms with Crippen LogP contribution >= 0.6 is 0 Å². The SMILES string of the molecule is CCc1ccccc1NC(=O)CCN(CC(C)C)C(C)=O. The monoisotopic (exact) mass is 290 g/mol. The Morgan fingerprint density at radius 3 is 2.48 bits per heavy atom. The van der Waals surface area contributed by atoms with Gasteiger partial charge in [0.05, 0.1) is 0 Å². The Balaban J connectivity index is 2.55. The Kier molecular flexibility index (Phi) is 6.92. The Bertz CT molecular complexity index is 483. The van der Waals surface area contributed by atoms with Crippen LogP contribution < -0.4 is 5.32 Å². The molecule has 0 unspecified atom stereocenters. The number of carbonyl (C=O) groups excluding carboxylic acids is 2. The zero-order chi connectivity index (χ0) is 15.8. The molecule has 0 spiro atoms. The number of aryl methyl sites for hydroxylation is 1. The van der Waals surface area contributed by atoms with Crippen LogP contribution in [0.4, 0.5) is 5.69 Å². The number of nitrogens with zero attached hydrogens (tertiary/aromatic N) is 1. The minimum Gasteiger partial charge on any atom is -0.342 e. The molecule has 0 fully saturated rings. The Morgan fingerprint density at radius 2 is 1.90 bits per heavy atom. The summed E-state index contributed by atoms with van der Waals surface area (Å²) in [5.41, 5.74) is 1.99. The molecule has 0 aromatic heterocycles. The normalized spacial score (nSPS) is 10.5. The second kappa shape index (κ2) is 8.45. The molecule has 4 heteroatoms. The van der Waals surface area contributed by atoms with E-state index in [1.54, 1.807) is 11.8 Å². The summed E-state index contributed by atoms with van der Waals surface area (Å²) in [6.45, 7) is 8.89. The molecule has 0 aliphatic carbocycles. The molecule has 21 heavy (non-hydrogen) atoms. The molecular weight excluding hydrogens is 264 g/mol. The molecule has 1 rings (SSSR count). The summed E-state index contributed by atoms with van der Waals surface area (Å²) in [6, 6.07) is 7.80. The number of anilines is 1. The average Bonchev–Trinajstić information content (AvgIpc) is 2.43. The lowest BCUT2D eigenvalue weighted by Gasteiger charge is -2.22. The summed E-state index contributed by atoms with van der Waals surface area (Å²) in [7, 11) is 0. The lowest BCUT2D eigenvalue weighted by atomic mass is 10.1. The van der Waals surface area contributed by atoms with Gasteiger partial charge in [0.25, 0.3) is 0 Å². The van der Waals surface area contributed by atoms with E-state index in [9.17, 15) is 9.59 Å². The first-order valence-electron chi connectivity index (χ1n) is 7.57. The first kappa shape index (κ1) is 17.2. The molecule has 0 atom stereocenters. The summed E-state index contributed by atoms with van der Waals surface area (Å²) in [4.78, 5) is 25.3. The van der Waals surface area contributed by atoms with Crippen LogP contribution in [0.1, 0.15) is 39.7 Å². The second-order valence-electron chi connectivity index (χ2n) is 5.67. The number of nitrogens with one attached hydrogen (secondary N) is 1. The Morgan fingerprint density at radius 1 is 1.24 bits per heavy atom. The number of benzene rings is 1. The molecule has 1 aromatic carbocycles. The third-order valence-electron chi connectivity index (χ3n) is 3.31. The van der Waals surface area contributed by atoms with Crippen LogP contribution in [-0.4, -0.2) is 29.8 Å². The van der Waals surface area contributed by atoms with Gasteiger partial charge in [0.2, 0.25) is 11.8 Å². The number of para-hydroxylation sites is 1. The molecular formula is C17H26N2O2. The van der Waals surface area contributed by atoms with Crippen molar-refractivity contribution in [1.29, 1.82) is 0 Å². The fraction of sp³-hybridized carbons (Fsp3) is 0.529. The highest BCUT2D eigenvalue weighted by atomic mass is 16.2. The van der Waals surface area contributed by atoms with Crippen molar-refractivity contribution in [3.63, 3.8) is 0 Å². The molecule has 0 heterocycles. The molecule has 2 amide bonds. The van der Waals surface area contributed by atoms with Gasteiger partial charge < -0.3 is 10.2 Å². The third-order valence-corrected chi connectivity index (χ3v) is 3.31. The Labute approximate surface area is 127 Å². The number of hydrogen-bond donors (Lipinski definition) is 1. The van der Waals surface area contributed by atoms with Crippen molar-refractivity contribution in [1.82, 2.24) is 4.90 Å². The van der Waals surface area contributed by atoms with Gasteiger partial charge in [-0.25, -0.2) is 0 Å². The van der Waals surface area contributed by atoms with Crippen LogP contribution in [0, 0.1) is 5.92 Å². The zero-order valence-electron chi connectivity index (χ0n) is 13.5. The molecule has 0 aliphatic rings. The first-order valence-corrected chi connectivity index (χ1v) is 7.57. The molecule has 0 saturated heterocycles. The maximum absolute atomic E-state index is 12.0. The number of amides is 2. The van der Waals surface area contributed by atoms with Gasteiger partial charge in [-0.1, -0.05) is 39.0 Å². The highest BCUT2D eigenvalue weighted by molar-refractivity contribution is 5.91. The van der Waals surface area contributed by atoms with Crippen LogP contribution in [-0.2, 0) is 16.0 Å². The summed E-state index contributed by atoms with van der Waals surface area (Å²) < 4.78 is 0. The van der Waals surface area contributed by atoms with E-state index < -0.39 is 0 Å². The number of hydrogen-bond acceptors (Lipinski definition) is 2. The van der Waals surface area contributed by atoms with Crippen molar-refractivity contribution in [2.45, 2.75) is 40.5 Å². The summed E-state index contributed by atoms with van der Waals surface area (Å²) >= 11 is 0. The first-order chi connectivity index (χ1) is 9.93. The standard InChI is InChI=1S/C17H26N2O2/c1-5-15-8-6-7-9-16(15)18-17(21)10-11-19(14(4)20)12-13(2)3/h6-9,13H,5,10-12H2,1-4H3,(H,18,21). The molecule has 116 valence electrons. The van der Waals surface area contributed by atoms with E-state index in [1.165, 1.54) is 0 Å². The minimum atomic E-state index is -0.0501. The quantitative estimate of drug-likeness (QED) is 0.839. The van der Waals surface area contributed by atoms with E-state index in [1.807, 2.05) is 24.3 Å². The van der Waals surface area contributed by atoms with Crippen molar-refractivity contribution in [2.24, 2.45) is 5.92 Å². The van der Waals surface area contributed by atoms with E-state index >= 15 is 0 Å². The maximum Gasteiger partial charge on any atom is 0.226 e. The van der Waals surface area contributed by atoms with Crippen LogP contribution in [0.25, 0.3) is 0 Å². The van der Waals surface area contributed by atoms with Crippen LogP contribution in [0.3, 0.4) is 0 Å². The summed E-state index contributed by atoms with van der Waals surface area (Å²) in [5, 5.41) is 2.93. The fourth-order valence-electron chi connectivity index (χ4n) is 2.22. The van der Waals surface area contributed by atoms with Crippen LogP contribution in [0.5, 0.6) is 0 Å². The maximum atomic E-state index is 12.0. The van der Waals surface area contributed by atoms with Gasteiger partial charge in [-0.15, -0.1) is 0 Å². The smallest absolute Gasteiger partial charge is 0.226 e. The van der Waals surface area contributed by atoms with Crippen LogP contribution in [0.2, 0.25) is 0 Å². The van der Waals surface area contributed by atoms with E-state index in [0.29, 0.717) is 25.4 Å². The molecule has 1 aromatic rings. The van der Waals surface area contributed by atoms with E-state index in [4.69, 9.17) is 0 Å². The fourth-order valence-corrected chi connectivity index (χ4v) is 2.22. The van der Waals surface area contributed by atoms with Gasteiger partial charge in [-0.3, -0.25) is 9.59 Å². The highest BCUT2D eigenvalue weighted by Crippen LogP contribution is 2.15. The lowest BCUT2D eigenvalue weighted by molar-refractivity contribution is -0.129. The van der Waals surface area contributed by atoms with Crippen molar-refractivity contribution in [2.75, 3.05) is 18.4 Å². The van der Waals surface area contributed by atoms with Gasteiger partial charge in [0.15, 0.2) is 0 Å². The molecule has 0 radical (unpaired) electrons. The van der Waals surface area contributed by atoms with Gasteiger partial charge in [0.1, 0.15) is 0 Å². The lowest BCUT2D eigenvalue weighted by Crippen LogP contribution is -2.34. The van der Waals surface area contributed by atoms with E-state index in [2.05, 4.69) is 26.1 Å². The molecule has 1 N–H and O–H groups in total. The predicted molar refractivity (Wildman–Crippen MR) is 86.2 cm³/mol. The summed E-state index contributed by atoms with van der Waals surface area (Å²) in [5.74, 6) is 0.370. The van der Waals surface area contributed by atoms with E-state index in [-0.39, 0.29) is 11.8 Å². The molecule has 0 saturated carbocycles. The van der Waals surface area contributed by atoms with Crippen molar-refractivity contribution < 1.29 is 9.59 Å². The van der Waals surface area contributed by atoms with Crippen LogP contribution in [0.15, 0.2) is 24.3 Å². The van der Waals surface area contributed by atoms with Crippen molar-refractivity contribution >= 4 is 17.5 Å². The second-order valence-corrected chi connectivity index (χ2v) is 5.67. The average molecular weight is 290 g/mol. The van der Waals surface area contributed by atoms with Gasteiger partial charge >= 0.3 is 0 Å². The topological polar surface area (TPSA) is 49.4 Å². The number of rotatable bonds is 7. The van der Waals surface area contributed by atoms with Crippen molar-refractivity contribution in [3.05, 3.63) is 29.8 Å². The molecule has 0 bridgehead atoms. The number of carbonyl (C=O) groups is 2. The summed E-state index contributed by atoms with van der Waals surface area (Å²) in [6.07, 6.45) is 1.20. The largest absolute Gasteiger partial charge is 0.342 e. The predicted octanol–water partition coefficient (Wildman–Crippen LogP) is 3.08. The molecule has 4 nitrogen and oxygen atoms in total. The van der Waals surface area contributed by atoms with Gasteiger partial charge in [-0.05, 0) is 24.0 Å². The highest BCUT2D eigenvalue weighted by Gasteiger charge is 2.13. The van der Waals surface area contributed by atoms with Gasteiger partial charge in [-0.2, -0.15) is 0 Å². The zero-order valence-corrected chi connectivity index (χ0v) is 13.5. The Hall–Kier alpha value is -1.84. The van der Waals surface area contributed by atoms with Gasteiger partial charge in [0, 0.05) is 32.1 Å². The van der Waals surface area contributed by atoms with E-state index in [0.717, 1.165) is 17.7 Å². The minimum absolute atomic E-state index is 0.0189. The van der Waals surface area contributed by atoms with Crippen molar-refractivity contribution in [3.8, 4) is 0 Å². The molecule has 0 aliphatic heterocycles.